The van der Waals surface area contributed by atoms with Gasteiger partial charge in [0.1, 0.15) is 17.2 Å². The summed E-state index contributed by atoms with van der Waals surface area (Å²) in [5.74, 6) is -1.18. The second-order valence-electron chi connectivity index (χ2n) is 8.52. The van der Waals surface area contributed by atoms with Gasteiger partial charge in [0, 0.05) is 22.4 Å². The summed E-state index contributed by atoms with van der Waals surface area (Å²) < 4.78 is 20.1. The van der Waals surface area contributed by atoms with E-state index in [-0.39, 0.29) is 11.0 Å². The van der Waals surface area contributed by atoms with Gasteiger partial charge in [-0.2, -0.15) is 0 Å². The van der Waals surface area contributed by atoms with Crippen LogP contribution in [0.1, 0.15) is 43.5 Å². The largest absolute Gasteiger partial charge is 0.478 e. The third-order valence-electron chi connectivity index (χ3n) is 5.58. The van der Waals surface area contributed by atoms with E-state index in [2.05, 4.69) is 11.9 Å². The van der Waals surface area contributed by atoms with Crippen LogP contribution in [-0.2, 0) is 4.79 Å². The fourth-order valence-electron chi connectivity index (χ4n) is 3.73. The fraction of sp³-hybridized carbons (Fsp3) is 0.214. The lowest BCUT2D eigenvalue weighted by Gasteiger charge is -2.20. The normalized spacial score (nSPS) is 13.1. The summed E-state index contributed by atoms with van der Waals surface area (Å²) in [7, 11) is 0. The molecule has 5 nitrogen and oxygen atoms in total. The van der Waals surface area contributed by atoms with E-state index in [0.717, 1.165) is 11.1 Å². The number of rotatable bonds is 7. The zero-order chi connectivity index (χ0) is 25.2. The van der Waals surface area contributed by atoms with Gasteiger partial charge >= 0.3 is 5.97 Å². The first-order chi connectivity index (χ1) is 16.0. The molecule has 3 aromatic rings. The van der Waals surface area contributed by atoms with E-state index in [0.29, 0.717) is 39.1 Å². The minimum absolute atomic E-state index is 0.138. The molecule has 2 aromatic carbocycles. The highest BCUT2D eigenvalue weighted by Gasteiger charge is 2.20. The third kappa shape index (κ3) is 5.17. The van der Waals surface area contributed by atoms with Crippen LogP contribution in [0.25, 0.3) is 22.3 Å². The third-order valence-corrected chi connectivity index (χ3v) is 5.58. The summed E-state index contributed by atoms with van der Waals surface area (Å²) in [5.41, 5.74) is 3.90. The molecule has 176 valence electrons. The van der Waals surface area contributed by atoms with E-state index in [1.165, 1.54) is 19.1 Å². The topological polar surface area (TPSA) is 79.5 Å². The molecule has 0 spiro atoms. The minimum Gasteiger partial charge on any atom is -0.478 e. The first-order valence-electron chi connectivity index (χ1n) is 10.9. The Bertz CT molecular complexity index is 1410. The molecular weight excluding hydrogens is 433 g/mol. The molecule has 1 aromatic heterocycles. The van der Waals surface area contributed by atoms with Gasteiger partial charge in [0.15, 0.2) is 5.43 Å². The zero-order valence-corrected chi connectivity index (χ0v) is 20.0. The Morgan fingerprint density at radius 1 is 1.18 bits per heavy atom. The molecule has 0 aliphatic carbocycles. The molecule has 3 rings (SSSR count). The van der Waals surface area contributed by atoms with Crippen LogP contribution < -0.4 is 10.7 Å². The van der Waals surface area contributed by atoms with E-state index in [1.54, 1.807) is 37.3 Å². The van der Waals surface area contributed by atoms with E-state index in [9.17, 15) is 19.1 Å². The minimum atomic E-state index is -1.05. The molecule has 1 atom stereocenters. The van der Waals surface area contributed by atoms with Crippen LogP contribution in [0.4, 0.5) is 4.39 Å². The van der Waals surface area contributed by atoms with Crippen molar-refractivity contribution >= 4 is 16.9 Å². The fourth-order valence-corrected chi connectivity index (χ4v) is 3.73. The summed E-state index contributed by atoms with van der Waals surface area (Å²) in [4.78, 5) is 24.9. The zero-order valence-electron chi connectivity index (χ0n) is 20.0. The predicted octanol–water partition coefficient (Wildman–Crippen LogP) is 6.36. The molecule has 0 aliphatic heterocycles. The summed E-state index contributed by atoms with van der Waals surface area (Å²) >= 11 is 0. The van der Waals surface area contributed by atoms with Crippen LogP contribution in [0.15, 0.2) is 81.2 Å². The number of benzene rings is 2. The number of carboxylic acids is 1. The lowest BCUT2D eigenvalue weighted by atomic mass is 9.98. The number of hydrogen-bond donors (Lipinski definition) is 2. The number of aryl methyl sites for hydroxylation is 1. The molecule has 6 heteroatoms. The smallest absolute Gasteiger partial charge is 0.333 e. The van der Waals surface area contributed by atoms with Crippen molar-refractivity contribution in [2.24, 2.45) is 0 Å². The predicted molar refractivity (Wildman–Crippen MR) is 133 cm³/mol. The number of carbonyl (C=O) groups is 1. The van der Waals surface area contributed by atoms with Crippen molar-refractivity contribution in [2.75, 3.05) is 0 Å². The van der Waals surface area contributed by atoms with Crippen molar-refractivity contribution in [3.63, 3.8) is 0 Å². The molecule has 0 saturated carbocycles. The van der Waals surface area contributed by atoms with Gasteiger partial charge < -0.3 is 14.8 Å². The van der Waals surface area contributed by atoms with E-state index in [1.807, 2.05) is 26.8 Å². The van der Waals surface area contributed by atoms with Crippen molar-refractivity contribution in [2.45, 2.75) is 40.7 Å². The second-order valence-corrected chi connectivity index (χ2v) is 8.52. The number of allylic oxidation sites excluding steroid dienone is 3. The maximum absolute atomic E-state index is 13.9. The Morgan fingerprint density at radius 2 is 1.88 bits per heavy atom. The molecule has 0 bridgehead atoms. The van der Waals surface area contributed by atoms with Crippen LogP contribution in [-0.4, -0.2) is 11.1 Å². The van der Waals surface area contributed by atoms with Gasteiger partial charge in [0.2, 0.25) is 0 Å². The van der Waals surface area contributed by atoms with E-state index < -0.39 is 17.8 Å². The number of carboxylic acid groups (broad SMARTS) is 1. The van der Waals surface area contributed by atoms with E-state index in [4.69, 9.17) is 4.42 Å². The van der Waals surface area contributed by atoms with Crippen LogP contribution in [0, 0.1) is 19.7 Å². The number of hydrogen-bond acceptors (Lipinski definition) is 4. The second kappa shape index (κ2) is 9.91. The maximum Gasteiger partial charge on any atom is 0.333 e. The Morgan fingerprint density at radius 3 is 2.50 bits per heavy atom. The Labute approximate surface area is 197 Å². The molecule has 0 fully saturated rings. The lowest BCUT2D eigenvalue weighted by molar-refractivity contribution is -0.132. The highest BCUT2D eigenvalue weighted by molar-refractivity contribution is 5.87. The lowest BCUT2D eigenvalue weighted by Crippen LogP contribution is -2.21. The maximum atomic E-state index is 13.9. The van der Waals surface area contributed by atoms with Crippen LogP contribution >= 0.6 is 0 Å². The van der Waals surface area contributed by atoms with Gasteiger partial charge in [-0.15, -0.1) is 0 Å². The standard InChI is InChI=1S/C28H28FNO4/c1-15(2)10-11-24(17(4)28(32)33)30-19(6)22-12-16(3)13-23-25(31)18(5)26(34-27(22)23)20-8-7-9-21(29)14-20/h7-14,19,30H,1H2,2-6H3,(H,32,33)/b11-10-,24-17-. The molecule has 0 amide bonds. The van der Waals surface area contributed by atoms with Gasteiger partial charge in [0.25, 0.3) is 0 Å². The number of aliphatic carboxylic acids is 1. The summed E-state index contributed by atoms with van der Waals surface area (Å²) in [6, 6.07) is 9.16. The highest BCUT2D eigenvalue weighted by atomic mass is 19.1. The summed E-state index contributed by atoms with van der Waals surface area (Å²) in [6.45, 7) is 12.6. The van der Waals surface area contributed by atoms with Crippen LogP contribution in [0.2, 0.25) is 0 Å². The van der Waals surface area contributed by atoms with Crippen LogP contribution in [0.5, 0.6) is 0 Å². The Hall–Kier alpha value is -3.93. The van der Waals surface area contributed by atoms with Gasteiger partial charge in [-0.1, -0.05) is 36.4 Å². The molecule has 1 unspecified atom stereocenters. The quantitative estimate of drug-likeness (QED) is 0.316. The van der Waals surface area contributed by atoms with Gasteiger partial charge in [-0.3, -0.25) is 4.79 Å². The first kappa shape index (κ1) is 24.7. The Kier molecular flexibility index (Phi) is 7.20. The van der Waals surface area contributed by atoms with Crippen molar-refractivity contribution in [3.05, 3.63) is 105 Å². The monoisotopic (exact) mass is 461 g/mol. The number of halogens is 1. The van der Waals surface area contributed by atoms with Gasteiger partial charge in [-0.25, -0.2) is 9.18 Å². The van der Waals surface area contributed by atoms with Crippen molar-refractivity contribution in [1.29, 1.82) is 0 Å². The average molecular weight is 462 g/mol. The molecule has 0 aliphatic rings. The van der Waals surface area contributed by atoms with Crippen LogP contribution in [0.3, 0.4) is 0 Å². The average Bonchev–Trinajstić information content (AvgIpc) is 2.78. The molecule has 0 radical (unpaired) electrons. The van der Waals surface area contributed by atoms with Crippen molar-refractivity contribution in [3.8, 4) is 11.3 Å². The molecule has 1 heterocycles. The molecular formula is C28H28FNO4. The first-order valence-corrected chi connectivity index (χ1v) is 10.9. The van der Waals surface area contributed by atoms with Crippen molar-refractivity contribution in [1.82, 2.24) is 5.32 Å². The molecule has 2 N–H and O–H groups in total. The van der Waals surface area contributed by atoms with Crippen molar-refractivity contribution < 1.29 is 18.7 Å². The van der Waals surface area contributed by atoms with Gasteiger partial charge in [0.05, 0.1) is 17.0 Å². The summed E-state index contributed by atoms with van der Waals surface area (Å²) in [6.07, 6.45) is 3.39. The SMILES string of the molecule is C=C(C)/C=C\C(NC(C)c1cc(C)cc2c(=O)c(C)c(-c3cccc(F)c3)oc12)=C(/C)C(=O)O. The van der Waals surface area contributed by atoms with Gasteiger partial charge in [-0.05, 0) is 64.5 Å². The number of fused-ring (bicyclic) bond motifs is 1. The number of nitrogens with one attached hydrogen (secondary N) is 1. The Balaban J connectivity index is 2.22. The highest BCUT2D eigenvalue weighted by Crippen LogP contribution is 2.31. The van der Waals surface area contributed by atoms with E-state index >= 15 is 0 Å². The molecule has 0 saturated heterocycles. The summed E-state index contributed by atoms with van der Waals surface area (Å²) in [5, 5.41) is 13.2. The molecule has 34 heavy (non-hydrogen) atoms.